The predicted molar refractivity (Wildman–Crippen MR) is 119 cm³/mol. The van der Waals surface area contributed by atoms with Crippen LogP contribution in [0.4, 0.5) is 0 Å². The largest absolute Gasteiger partial charge is 0.354 e. The Kier molecular flexibility index (Phi) is 6.34. The maximum Gasteiger partial charge on any atom is 0.253 e. The summed E-state index contributed by atoms with van der Waals surface area (Å²) in [6, 6.07) is 5.74. The molecule has 31 heavy (non-hydrogen) atoms. The molecule has 1 N–H and O–H groups in total. The number of imidazole rings is 2. The van der Waals surface area contributed by atoms with E-state index in [2.05, 4.69) is 26.8 Å². The highest BCUT2D eigenvalue weighted by molar-refractivity contribution is 5.97. The first-order valence-corrected chi connectivity index (χ1v) is 11.0. The van der Waals surface area contributed by atoms with Crippen molar-refractivity contribution in [2.45, 2.75) is 46.2 Å². The van der Waals surface area contributed by atoms with E-state index in [-0.39, 0.29) is 11.8 Å². The zero-order valence-corrected chi connectivity index (χ0v) is 18.3. The van der Waals surface area contributed by atoms with Gasteiger partial charge in [0.1, 0.15) is 5.82 Å². The second kappa shape index (κ2) is 9.32. The number of aromatic nitrogens is 4. The van der Waals surface area contributed by atoms with Crippen molar-refractivity contribution in [2.75, 3.05) is 19.6 Å². The van der Waals surface area contributed by atoms with Crippen LogP contribution >= 0.6 is 0 Å². The van der Waals surface area contributed by atoms with Crippen LogP contribution in [0.5, 0.6) is 0 Å². The Morgan fingerprint density at radius 2 is 1.97 bits per heavy atom. The Balaban J connectivity index is 1.24. The number of hydrogen-bond acceptors (Lipinski definition) is 4. The second-order valence-electron chi connectivity index (χ2n) is 8.19. The highest BCUT2D eigenvalue weighted by Gasteiger charge is 2.25. The summed E-state index contributed by atoms with van der Waals surface area (Å²) in [6.45, 7) is 7.58. The van der Waals surface area contributed by atoms with Gasteiger partial charge in [-0.05, 0) is 50.8 Å². The highest BCUT2D eigenvalue weighted by atomic mass is 16.2. The smallest absolute Gasteiger partial charge is 0.253 e. The Hall–Kier alpha value is -3.16. The molecule has 0 spiro atoms. The van der Waals surface area contributed by atoms with Crippen molar-refractivity contribution in [3.63, 3.8) is 0 Å². The first-order valence-electron chi connectivity index (χ1n) is 11.0. The molecule has 2 aromatic heterocycles. The Labute approximate surface area is 182 Å². The average Bonchev–Trinajstić information content (AvgIpc) is 3.39. The van der Waals surface area contributed by atoms with Gasteiger partial charge in [-0.2, -0.15) is 0 Å². The van der Waals surface area contributed by atoms with Crippen LogP contribution in [0.1, 0.15) is 42.4 Å². The molecule has 0 saturated carbocycles. The van der Waals surface area contributed by atoms with E-state index in [9.17, 15) is 9.59 Å². The molecule has 1 aromatic carbocycles. The van der Waals surface area contributed by atoms with Crippen LogP contribution in [0.3, 0.4) is 0 Å². The quantitative estimate of drug-likeness (QED) is 0.634. The van der Waals surface area contributed by atoms with Crippen molar-refractivity contribution >= 4 is 22.8 Å². The summed E-state index contributed by atoms with van der Waals surface area (Å²) in [4.78, 5) is 35.7. The van der Waals surface area contributed by atoms with E-state index in [0.29, 0.717) is 37.5 Å². The number of aryl methyl sites for hydroxylation is 2. The first-order chi connectivity index (χ1) is 15.0. The maximum atomic E-state index is 12.9. The number of rotatable bonds is 7. The lowest BCUT2D eigenvalue weighted by Crippen LogP contribution is -2.39. The topological polar surface area (TPSA) is 85.0 Å². The van der Waals surface area contributed by atoms with Crippen LogP contribution in [0, 0.1) is 12.8 Å². The molecule has 1 aliphatic heterocycles. The van der Waals surface area contributed by atoms with E-state index in [1.807, 2.05) is 47.1 Å². The van der Waals surface area contributed by atoms with Crippen LogP contribution < -0.4 is 5.32 Å². The van der Waals surface area contributed by atoms with Gasteiger partial charge in [-0.25, -0.2) is 9.97 Å². The molecular weight excluding hydrogens is 392 g/mol. The maximum absolute atomic E-state index is 12.9. The van der Waals surface area contributed by atoms with Gasteiger partial charge in [0, 0.05) is 57.1 Å². The van der Waals surface area contributed by atoms with Gasteiger partial charge >= 0.3 is 0 Å². The van der Waals surface area contributed by atoms with E-state index >= 15 is 0 Å². The molecule has 0 aliphatic carbocycles. The van der Waals surface area contributed by atoms with Crippen LogP contribution in [0.25, 0.3) is 11.0 Å². The van der Waals surface area contributed by atoms with Gasteiger partial charge in [0.15, 0.2) is 0 Å². The SMILES string of the molecule is CCn1cnc2cc(C(=O)N3CCC(CC(=O)NCCn4ccnc4C)CC3)ccc21. The third-order valence-corrected chi connectivity index (χ3v) is 6.18. The van der Waals surface area contributed by atoms with Crippen molar-refractivity contribution in [1.29, 1.82) is 0 Å². The molecule has 1 saturated heterocycles. The second-order valence-corrected chi connectivity index (χ2v) is 8.19. The molecule has 0 radical (unpaired) electrons. The lowest BCUT2D eigenvalue weighted by Gasteiger charge is -2.31. The molecule has 8 nitrogen and oxygen atoms in total. The lowest BCUT2D eigenvalue weighted by molar-refractivity contribution is -0.122. The van der Waals surface area contributed by atoms with Crippen molar-refractivity contribution in [2.24, 2.45) is 5.92 Å². The third-order valence-electron chi connectivity index (χ3n) is 6.18. The number of benzene rings is 1. The summed E-state index contributed by atoms with van der Waals surface area (Å²) in [6.07, 6.45) is 7.72. The van der Waals surface area contributed by atoms with Crippen molar-refractivity contribution < 1.29 is 9.59 Å². The van der Waals surface area contributed by atoms with Gasteiger partial charge in [-0.1, -0.05) is 0 Å². The number of nitrogens with zero attached hydrogens (tertiary/aromatic N) is 5. The zero-order valence-electron chi connectivity index (χ0n) is 18.3. The van der Waals surface area contributed by atoms with Crippen molar-refractivity contribution in [3.05, 3.63) is 48.3 Å². The summed E-state index contributed by atoms with van der Waals surface area (Å²) in [5, 5.41) is 3.00. The van der Waals surface area contributed by atoms with E-state index < -0.39 is 0 Å². The fourth-order valence-electron chi connectivity index (χ4n) is 4.26. The van der Waals surface area contributed by atoms with Gasteiger partial charge in [0.05, 0.1) is 17.4 Å². The Bertz CT molecular complexity index is 1060. The Morgan fingerprint density at radius 1 is 1.16 bits per heavy atom. The fourth-order valence-corrected chi connectivity index (χ4v) is 4.26. The predicted octanol–water partition coefficient (Wildman–Crippen LogP) is 2.62. The highest BCUT2D eigenvalue weighted by Crippen LogP contribution is 2.23. The molecule has 2 amide bonds. The molecule has 1 aliphatic rings. The number of amides is 2. The first kappa shape index (κ1) is 21.1. The van der Waals surface area contributed by atoms with Crippen LogP contribution in [0.15, 0.2) is 36.9 Å². The Morgan fingerprint density at radius 3 is 2.68 bits per heavy atom. The van der Waals surface area contributed by atoms with Crippen molar-refractivity contribution in [3.8, 4) is 0 Å². The summed E-state index contributed by atoms with van der Waals surface area (Å²) in [5.41, 5.74) is 2.58. The molecule has 0 bridgehead atoms. The molecule has 4 rings (SSSR count). The van der Waals surface area contributed by atoms with E-state index in [0.717, 1.165) is 42.8 Å². The number of carbonyl (C=O) groups is 2. The minimum atomic E-state index is 0.0477. The molecule has 3 aromatic rings. The molecule has 164 valence electrons. The van der Waals surface area contributed by atoms with Crippen LogP contribution in [-0.4, -0.2) is 55.5 Å². The van der Waals surface area contributed by atoms with Gasteiger partial charge in [-0.15, -0.1) is 0 Å². The van der Waals surface area contributed by atoms with Gasteiger partial charge in [0.2, 0.25) is 5.91 Å². The fraction of sp³-hybridized carbons (Fsp3) is 0.478. The van der Waals surface area contributed by atoms with Gasteiger partial charge < -0.3 is 19.4 Å². The standard InChI is InChI=1S/C23H30N6O2/c1-3-27-16-26-20-15-19(4-5-21(20)27)23(31)29-10-6-18(7-11-29)14-22(30)25-9-13-28-12-8-24-17(28)2/h4-5,8,12,15-16,18H,3,6-7,9-11,13-14H2,1-2H3,(H,25,30). The number of hydrogen-bond donors (Lipinski definition) is 1. The van der Waals surface area contributed by atoms with E-state index in [1.165, 1.54) is 0 Å². The third kappa shape index (κ3) is 4.78. The number of piperidine rings is 1. The van der Waals surface area contributed by atoms with E-state index in [1.54, 1.807) is 6.20 Å². The number of carbonyl (C=O) groups excluding carboxylic acids is 2. The minimum absolute atomic E-state index is 0.0477. The monoisotopic (exact) mass is 422 g/mol. The molecular formula is C23H30N6O2. The summed E-state index contributed by atoms with van der Waals surface area (Å²) < 4.78 is 4.09. The number of nitrogens with one attached hydrogen (secondary N) is 1. The molecule has 1 fully saturated rings. The van der Waals surface area contributed by atoms with Crippen LogP contribution in [0.2, 0.25) is 0 Å². The summed E-state index contributed by atoms with van der Waals surface area (Å²) in [5.74, 6) is 1.40. The number of likely N-dealkylation sites (tertiary alicyclic amines) is 1. The van der Waals surface area contributed by atoms with E-state index in [4.69, 9.17) is 0 Å². The van der Waals surface area contributed by atoms with Gasteiger partial charge in [-0.3, -0.25) is 9.59 Å². The normalized spacial score (nSPS) is 14.8. The summed E-state index contributed by atoms with van der Waals surface area (Å²) in [7, 11) is 0. The molecule has 3 heterocycles. The number of fused-ring (bicyclic) bond motifs is 1. The zero-order chi connectivity index (χ0) is 21.8. The minimum Gasteiger partial charge on any atom is -0.354 e. The molecule has 0 unspecified atom stereocenters. The average molecular weight is 423 g/mol. The molecule has 8 heteroatoms. The van der Waals surface area contributed by atoms with Crippen LogP contribution in [-0.2, 0) is 17.9 Å². The van der Waals surface area contributed by atoms with Gasteiger partial charge in [0.25, 0.3) is 5.91 Å². The lowest BCUT2D eigenvalue weighted by atomic mass is 9.93. The molecule has 0 atom stereocenters. The summed E-state index contributed by atoms with van der Waals surface area (Å²) >= 11 is 0. The van der Waals surface area contributed by atoms with Crippen molar-refractivity contribution in [1.82, 2.24) is 29.3 Å².